The molecule has 372 valence electrons. The van der Waals surface area contributed by atoms with Crippen molar-refractivity contribution in [2.75, 3.05) is 0 Å². The first-order valence-electron chi connectivity index (χ1n) is 28.1. The lowest BCUT2D eigenvalue weighted by atomic mass is 9.78. The van der Waals surface area contributed by atoms with Crippen LogP contribution in [0.5, 0.6) is 0 Å². The summed E-state index contributed by atoms with van der Waals surface area (Å²) >= 11 is 0. The number of carbonyl (C=O) groups is 3. The smallest absolute Gasteiger partial charge is 0.189 e. The van der Waals surface area contributed by atoms with E-state index in [1.807, 2.05) is 0 Å². The monoisotopic (exact) mass is 889 g/mol. The predicted molar refractivity (Wildman–Crippen MR) is 271 cm³/mol. The normalized spacial score (nSPS) is 13.7. The molecule has 0 aliphatic rings. The number of ketones is 3. The van der Waals surface area contributed by atoms with Gasteiger partial charge < -0.3 is 15.3 Å². The number of Topliss-reactive ketones (excluding diaryl/α,β-unsaturated/α-hetero) is 3. The van der Waals surface area contributed by atoms with E-state index in [1.165, 1.54) is 180 Å². The predicted octanol–water partition coefficient (Wildman–Crippen LogP) is 16.7. The van der Waals surface area contributed by atoms with Crippen LogP contribution in [-0.2, 0) is 14.4 Å². The van der Waals surface area contributed by atoms with Crippen LogP contribution >= 0.6 is 0 Å². The van der Waals surface area contributed by atoms with E-state index in [1.54, 1.807) is 0 Å². The quantitative estimate of drug-likeness (QED) is 0.0414. The first-order chi connectivity index (χ1) is 30.8. The number of allylic oxidation sites excluding steroid dienone is 2. The van der Waals surface area contributed by atoms with Gasteiger partial charge in [-0.05, 0) is 44.9 Å². The lowest BCUT2D eigenvalue weighted by Crippen LogP contribution is -2.63. The summed E-state index contributed by atoms with van der Waals surface area (Å²) in [6.07, 6.45) is 50.7. The molecule has 0 saturated heterocycles. The van der Waals surface area contributed by atoms with Gasteiger partial charge in [0.05, 0.1) is 0 Å². The molecule has 0 spiro atoms. The summed E-state index contributed by atoms with van der Waals surface area (Å²) in [5, 5.41) is 34.2. The molecule has 0 amide bonds. The lowest BCUT2D eigenvalue weighted by Gasteiger charge is -2.34. The third-order valence-corrected chi connectivity index (χ3v) is 13.6. The van der Waals surface area contributed by atoms with Crippen LogP contribution in [0.1, 0.15) is 316 Å². The van der Waals surface area contributed by atoms with Crippen molar-refractivity contribution in [2.45, 2.75) is 334 Å². The molecule has 0 radical (unpaired) electrons. The molecule has 6 nitrogen and oxygen atoms in total. The van der Waals surface area contributed by atoms with E-state index in [4.69, 9.17) is 0 Å². The fourth-order valence-electron chi connectivity index (χ4n) is 9.12. The highest BCUT2D eigenvalue weighted by atomic mass is 16.4. The fraction of sp³-hybridized carbons (Fsp3) is 0.912. The molecular weight excluding hydrogens is 781 g/mol. The fourth-order valence-corrected chi connectivity index (χ4v) is 9.12. The third-order valence-electron chi connectivity index (χ3n) is 13.6. The summed E-state index contributed by atoms with van der Waals surface area (Å²) in [6, 6.07) is 0. The van der Waals surface area contributed by atoms with Crippen molar-refractivity contribution < 1.29 is 29.7 Å². The summed E-state index contributed by atoms with van der Waals surface area (Å²) in [7, 11) is 0. The zero-order valence-corrected chi connectivity index (χ0v) is 42.4. The van der Waals surface area contributed by atoms with Crippen LogP contribution in [0.25, 0.3) is 0 Å². The average molecular weight is 889 g/mol. The van der Waals surface area contributed by atoms with Crippen LogP contribution in [-0.4, -0.2) is 50.5 Å². The van der Waals surface area contributed by atoms with E-state index in [9.17, 15) is 29.7 Å². The van der Waals surface area contributed by atoms with Gasteiger partial charge >= 0.3 is 0 Å². The molecule has 0 aromatic carbocycles. The lowest BCUT2D eigenvalue weighted by molar-refractivity contribution is -0.181. The van der Waals surface area contributed by atoms with Crippen molar-refractivity contribution in [1.29, 1.82) is 0 Å². The maximum atomic E-state index is 13.6. The Kier molecular flexibility index (Phi) is 46.1. The second-order valence-electron chi connectivity index (χ2n) is 19.7. The Bertz CT molecular complexity index is 1040. The number of rotatable bonds is 52. The molecule has 6 heteroatoms. The summed E-state index contributed by atoms with van der Waals surface area (Å²) < 4.78 is 0. The summed E-state index contributed by atoms with van der Waals surface area (Å²) in [5.41, 5.74) is -2.80. The van der Waals surface area contributed by atoms with Crippen molar-refractivity contribution in [3.8, 4) is 0 Å². The Hall–Kier alpha value is -1.37. The Labute approximate surface area is 391 Å². The molecule has 3 N–H and O–H groups in total. The first-order valence-corrected chi connectivity index (χ1v) is 28.1. The Morgan fingerprint density at radius 3 is 0.794 bits per heavy atom. The van der Waals surface area contributed by atoms with Gasteiger partial charge in [0.1, 0.15) is 0 Å². The zero-order valence-electron chi connectivity index (χ0n) is 42.4. The molecule has 0 rings (SSSR count). The van der Waals surface area contributed by atoms with Crippen LogP contribution in [0.15, 0.2) is 12.2 Å². The maximum Gasteiger partial charge on any atom is 0.189 e. The number of hydrogen-bond donors (Lipinski definition) is 3. The number of aliphatic hydroxyl groups excluding tert-OH is 2. The van der Waals surface area contributed by atoms with Crippen LogP contribution in [0, 0.1) is 0 Å². The van der Waals surface area contributed by atoms with Gasteiger partial charge in [-0.2, -0.15) is 0 Å². The van der Waals surface area contributed by atoms with E-state index >= 15 is 0 Å². The van der Waals surface area contributed by atoms with Gasteiger partial charge in [0, 0.05) is 19.3 Å². The zero-order chi connectivity index (χ0) is 46.3. The van der Waals surface area contributed by atoms with Crippen molar-refractivity contribution in [1.82, 2.24) is 0 Å². The van der Waals surface area contributed by atoms with Gasteiger partial charge in [0.15, 0.2) is 35.2 Å². The number of unbranched alkanes of at least 4 members (excludes halogenated alkanes) is 39. The van der Waals surface area contributed by atoms with E-state index in [0.717, 1.165) is 77.0 Å². The Morgan fingerprint density at radius 1 is 0.333 bits per heavy atom. The van der Waals surface area contributed by atoms with Crippen molar-refractivity contribution >= 4 is 17.3 Å². The van der Waals surface area contributed by atoms with Crippen molar-refractivity contribution in [2.24, 2.45) is 0 Å². The van der Waals surface area contributed by atoms with E-state index < -0.39 is 35.2 Å². The van der Waals surface area contributed by atoms with Crippen LogP contribution in [0.2, 0.25) is 0 Å². The molecular formula is C57H108O6. The average Bonchev–Trinajstić information content (AvgIpc) is 3.29. The summed E-state index contributed by atoms with van der Waals surface area (Å²) in [6.45, 7) is 6.77. The van der Waals surface area contributed by atoms with Crippen LogP contribution in [0.4, 0.5) is 0 Å². The second kappa shape index (κ2) is 47.1. The van der Waals surface area contributed by atoms with Gasteiger partial charge in [0.2, 0.25) is 0 Å². The van der Waals surface area contributed by atoms with E-state index in [-0.39, 0.29) is 19.3 Å². The third kappa shape index (κ3) is 36.4. The van der Waals surface area contributed by atoms with Gasteiger partial charge in [-0.25, -0.2) is 0 Å². The maximum absolute atomic E-state index is 13.6. The molecule has 0 aromatic heterocycles. The highest BCUT2D eigenvalue weighted by Crippen LogP contribution is 2.26. The minimum absolute atomic E-state index is 0.00777. The standard InChI is InChI=1S/C57H108O6/c1-4-7-10-13-16-19-22-25-28-31-34-37-40-43-46-49-52(58)55(61)57(63,54(60)51-48-45-42-39-36-33-30-27-24-21-18-15-12-9-6-3)56(62)53(59)50-47-44-41-38-35-32-29-26-23-20-17-14-11-8-5-2/h25,28,55-56,61-63H,4-24,26-27,29-51H2,1-3H3/b28-25-. The first kappa shape index (κ1) is 61.6. The Balaban J connectivity index is 4.76. The minimum atomic E-state index is -2.80. The van der Waals surface area contributed by atoms with Crippen LogP contribution < -0.4 is 0 Å². The van der Waals surface area contributed by atoms with Crippen molar-refractivity contribution in [3.63, 3.8) is 0 Å². The number of aliphatic hydroxyl groups is 3. The van der Waals surface area contributed by atoms with E-state index in [2.05, 4.69) is 32.9 Å². The highest BCUT2D eigenvalue weighted by molar-refractivity contribution is 6.01. The number of hydrogen-bond acceptors (Lipinski definition) is 6. The second-order valence-corrected chi connectivity index (χ2v) is 19.7. The van der Waals surface area contributed by atoms with E-state index in [0.29, 0.717) is 19.3 Å². The largest absolute Gasteiger partial charge is 0.382 e. The molecule has 3 atom stereocenters. The topological polar surface area (TPSA) is 112 Å². The molecule has 0 fully saturated rings. The molecule has 0 saturated carbocycles. The molecule has 0 heterocycles. The van der Waals surface area contributed by atoms with Crippen molar-refractivity contribution in [3.05, 3.63) is 12.2 Å². The molecule has 63 heavy (non-hydrogen) atoms. The van der Waals surface area contributed by atoms with Gasteiger partial charge in [-0.1, -0.05) is 264 Å². The van der Waals surface area contributed by atoms with Gasteiger partial charge in [-0.15, -0.1) is 0 Å². The minimum Gasteiger partial charge on any atom is -0.382 e. The summed E-state index contributed by atoms with van der Waals surface area (Å²) in [4.78, 5) is 40.2. The molecule has 0 aromatic rings. The molecule has 3 unspecified atom stereocenters. The molecule has 0 aliphatic heterocycles. The molecule has 0 bridgehead atoms. The number of carbonyl (C=O) groups excluding carboxylic acids is 3. The Morgan fingerprint density at radius 2 is 0.540 bits per heavy atom. The SMILES string of the molecule is CCCCCCCC/C=C\CCCCCCCC(=O)C(O)C(O)(C(=O)CCCCCCCCCCCCCCCCC)C(O)C(=O)CCCCCCCCCCCCCCCCC. The van der Waals surface area contributed by atoms with Gasteiger partial charge in [0.25, 0.3) is 0 Å². The highest BCUT2D eigenvalue weighted by Gasteiger charge is 2.53. The van der Waals surface area contributed by atoms with Crippen LogP contribution in [0.3, 0.4) is 0 Å². The van der Waals surface area contributed by atoms with Gasteiger partial charge in [-0.3, -0.25) is 14.4 Å². The molecule has 0 aliphatic carbocycles. The summed E-state index contributed by atoms with van der Waals surface area (Å²) in [5.74, 6) is -2.12.